The van der Waals surface area contributed by atoms with E-state index in [1.165, 1.54) is 0 Å². The van der Waals surface area contributed by atoms with Crippen LogP contribution in [0, 0.1) is 0 Å². The molecule has 1 atom stereocenters. The van der Waals surface area contributed by atoms with Gasteiger partial charge in [-0.05, 0) is 19.1 Å². The zero-order valence-corrected chi connectivity index (χ0v) is 8.68. The van der Waals surface area contributed by atoms with Crippen molar-refractivity contribution in [1.82, 2.24) is 4.98 Å². The highest BCUT2D eigenvalue weighted by Crippen LogP contribution is 2.21. The molecule has 0 N–H and O–H groups in total. The molecule has 0 bridgehead atoms. The smallest absolute Gasteiger partial charge is 0.0548 e. The maximum atomic E-state index is 4.16. The van der Waals surface area contributed by atoms with Crippen LogP contribution in [-0.4, -0.2) is 4.98 Å². The van der Waals surface area contributed by atoms with E-state index in [0.29, 0.717) is 4.83 Å². The summed E-state index contributed by atoms with van der Waals surface area (Å²) in [4.78, 5) is 4.49. The second-order valence-electron chi connectivity index (χ2n) is 2.01. The molecule has 1 aromatic heterocycles. The van der Waals surface area contributed by atoms with Gasteiger partial charge in [-0.2, -0.15) is 0 Å². The molecular weight excluding hydrogens is 258 g/mol. The first kappa shape index (κ1) is 8.21. The average molecular weight is 265 g/mol. The van der Waals surface area contributed by atoms with E-state index in [0.717, 1.165) is 10.2 Å². The Balaban J connectivity index is 2.96. The lowest BCUT2D eigenvalue weighted by atomic mass is 10.3. The van der Waals surface area contributed by atoms with Crippen LogP contribution >= 0.6 is 31.9 Å². The van der Waals surface area contributed by atoms with Crippen molar-refractivity contribution in [2.75, 3.05) is 0 Å². The standard InChI is InChI=1S/C7H7Br2N/c1-5(8)7-4-6(9)2-3-10-7/h2-5H,1H3. The monoisotopic (exact) mass is 263 g/mol. The summed E-state index contributed by atoms with van der Waals surface area (Å²) in [5, 5.41) is 0. The van der Waals surface area contributed by atoms with Crippen LogP contribution in [0.2, 0.25) is 0 Å². The zero-order chi connectivity index (χ0) is 7.56. The van der Waals surface area contributed by atoms with Gasteiger partial charge in [0, 0.05) is 10.7 Å². The number of pyridine rings is 1. The van der Waals surface area contributed by atoms with E-state index in [9.17, 15) is 0 Å². The number of aromatic nitrogens is 1. The molecule has 0 aliphatic rings. The molecule has 3 heteroatoms. The van der Waals surface area contributed by atoms with Crippen LogP contribution in [0.5, 0.6) is 0 Å². The van der Waals surface area contributed by atoms with Crippen molar-refractivity contribution >= 4 is 31.9 Å². The SMILES string of the molecule is CC(Br)c1cc(Br)ccn1. The Morgan fingerprint density at radius 2 is 2.30 bits per heavy atom. The third-order valence-corrected chi connectivity index (χ3v) is 2.11. The molecule has 10 heavy (non-hydrogen) atoms. The highest BCUT2D eigenvalue weighted by atomic mass is 79.9. The highest BCUT2D eigenvalue weighted by Gasteiger charge is 2.00. The van der Waals surface area contributed by atoms with Crippen LogP contribution in [-0.2, 0) is 0 Å². The quantitative estimate of drug-likeness (QED) is 0.710. The van der Waals surface area contributed by atoms with E-state index in [2.05, 4.69) is 43.8 Å². The fourth-order valence-corrected chi connectivity index (χ4v) is 1.24. The Morgan fingerprint density at radius 3 is 2.70 bits per heavy atom. The molecule has 0 spiro atoms. The first-order valence-electron chi connectivity index (χ1n) is 2.95. The van der Waals surface area contributed by atoms with E-state index in [1.807, 2.05) is 12.1 Å². The van der Waals surface area contributed by atoms with Gasteiger partial charge in [0.15, 0.2) is 0 Å². The Bertz CT molecular complexity index is 223. The van der Waals surface area contributed by atoms with E-state index in [1.54, 1.807) is 6.20 Å². The fourth-order valence-electron chi connectivity index (χ4n) is 0.639. The minimum absolute atomic E-state index is 0.324. The third-order valence-electron chi connectivity index (χ3n) is 1.15. The molecule has 0 aromatic carbocycles. The lowest BCUT2D eigenvalue weighted by Gasteiger charge is -2.00. The van der Waals surface area contributed by atoms with Crippen LogP contribution in [0.15, 0.2) is 22.8 Å². The van der Waals surface area contributed by atoms with Crippen molar-refractivity contribution in [3.8, 4) is 0 Å². The maximum Gasteiger partial charge on any atom is 0.0548 e. The second-order valence-corrected chi connectivity index (χ2v) is 4.30. The minimum atomic E-state index is 0.324. The number of hydrogen-bond acceptors (Lipinski definition) is 1. The van der Waals surface area contributed by atoms with Crippen molar-refractivity contribution in [2.45, 2.75) is 11.8 Å². The number of alkyl halides is 1. The van der Waals surface area contributed by atoms with E-state index in [-0.39, 0.29) is 0 Å². The Kier molecular flexibility index (Phi) is 2.86. The first-order chi connectivity index (χ1) is 4.70. The largest absolute Gasteiger partial charge is 0.260 e. The molecule has 0 amide bonds. The molecule has 1 heterocycles. The number of halogens is 2. The molecule has 54 valence electrons. The topological polar surface area (TPSA) is 12.9 Å². The summed E-state index contributed by atoms with van der Waals surface area (Å²) in [5.41, 5.74) is 1.05. The third kappa shape index (κ3) is 2.06. The van der Waals surface area contributed by atoms with Crippen LogP contribution < -0.4 is 0 Å². The number of rotatable bonds is 1. The summed E-state index contributed by atoms with van der Waals surface area (Å²) in [6.07, 6.45) is 1.79. The van der Waals surface area contributed by atoms with E-state index < -0.39 is 0 Å². The van der Waals surface area contributed by atoms with Crippen molar-refractivity contribution in [1.29, 1.82) is 0 Å². The molecule has 1 aromatic rings. The van der Waals surface area contributed by atoms with Gasteiger partial charge in [0.25, 0.3) is 0 Å². The van der Waals surface area contributed by atoms with Crippen LogP contribution in [0.25, 0.3) is 0 Å². The van der Waals surface area contributed by atoms with Crippen molar-refractivity contribution in [2.24, 2.45) is 0 Å². The van der Waals surface area contributed by atoms with Gasteiger partial charge in [-0.3, -0.25) is 4.98 Å². The van der Waals surface area contributed by atoms with Gasteiger partial charge < -0.3 is 0 Å². The van der Waals surface area contributed by atoms with Crippen LogP contribution in [0.4, 0.5) is 0 Å². The van der Waals surface area contributed by atoms with Crippen molar-refractivity contribution in [3.05, 3.63) is 28.5 Å². The Labute approximate surface area is 77.1 Å². The van der Waals surface area contributed by atoms with E-state index in [4.69, 9.17) is 0 Å². The van der Waals surface area contributed by atoms with Gasteiger partial charge in [0.2, 0.25) is 0 Å². The molecule has 0 saturated heterocycles. The summed E-state index contributed by atoms with van der Waals surface area (Å²) in [5.74, 6) is 0. The van der Waals surface area contributed by atoms with Crippen LogP contribution in [0.1, 0.15) is 17.4 Å². The average Bonchev–Trinajstić information content (AvgIpc) is 1.88. The Hall–Kier alpha value is 0.110. The normalized spacial score (nSPS) is 13.1. The van der Waals surface area contributed by atoms with Crippen LogP contribution in [0.3, 0.4) is 0 Å². The molecule has 1 rings (SSSR count). The molecular formula is C7H7Br2N. The summed E-state index contributed by atoms with van der Waals surface area (Å²) >= 11 is 6.80. The maximum absolute atomic E-state index is 4.16. The number of nitrogens with zero attached hydrogens (tertiary/aromatic N) is 1. The van der Waals surface area contributed by atoms with Crippen molar-refractivity contribution < 1.29 is 0 Å². The van der Waals surface area contributed by atoms with E-state index >= 15 is 0 Å². The first-order valence-corrected chi connectivity index (χ1v) is 4.66. The van der Waals surface area contributed by atoms with Crippen molar-refractivity contribution in [3.63, 3.8) is 0 Å². The van der Waals surface area contributed by atoms with Gasteiger partial charge in [-0.15, -0.1) is 0 Å². The predicted molar refractivity (Wildman–Crippen MR) is 49.3 cm³/mol. The summed E-state index contributed by atoms with van der Waals surface area (Å²) in [7, 11) is 0. The highest BCUT2D eigenvalue weighted by molar-refractivity contribution is 9.10. The molecule has 0 saturated carbocycles. The molecule has 0 fully saturated rings. The lowest BCUT2D eigenvalue weighted by molar-refractivity contribution is 1.02. The minimum Gasteiger partial charge on any atom is -0.260 e. The second kappa shape index (κ2) is 3.49. The fraction of sp³-hybridized carbons (Fsp3) is 0.286. The zero-order valence-electron chi connectivity index (χ0n) is 5.51. The van der Waals surface area contributed by atoms with Gasteiger partial charge in [0.1, 0.15) is 0 Å². The van der Waals surface area contributed by atoms with Gasteiger partial charge in [-0.25, -0.2) is 0 Å². The van der Waals surface area contributed by atoms with Gasteiger partial charge >= 0.3 is 0 Å². The summed E-state index contributed by atoms with van der Waals surface area (Å²) in [6.45, 7) is 2.05. The number of hydrogen-bond donors (Lipinski definition) is 0. The molecule has 0 aliphatic heterocycles. The Morgan fingerprint density at radius 1 is 1.60 bits per heavy atom. The summed E-state index contributed by atoms with van der Waals surface area (Å²) < 4.78 is 1.07. The predicted octanol–water partition coefficient (Wildman–Crippen LogP) is 3.30. The molecule has 1 unspecified atom stereocenters. The summed E-state index contributed by atoms with van der Waals surface area (Å²) in [6, 6.07) is 3.91. The molecule has 0 aliphatic carbocycles. The van der Waals surface area contributed by atoms with Gasteiger partial charge in [0.05, 0.1) is 10.5 Å². The molecule has 1 nitrogen and oxygen atoms in total. The molecule has 0 radical (unpaired) electrons. The van der Waals surface area contributed by atoms with Gasteiger partial charge in [-0.1, -0.05) is 31.9 Å². The lowest BCUT2D eigenvalue weighted by Crippen LogP contribution is -1.87.